The molecule has 0 aromatic carbocycles. The minimum absolute atomic E-state index is 0.259. The van der Waals surface area contributed by atoms with Crippen LogP contribution in [0.5, 0.6) is 0 Å². The molecule has 100 valence electrons. The first-order valence-corrected chi connectivity index (χ1v) is 13.3. The molecule has 0 saturated heterocycles. The van der Waals surface area contributed by atoms with Crippen LogP contribution in [0.3, 0.4) is 0 Å². The summed E-state index contributed by atoms with van der Waals surface area (Å²) in [6, 6.07) is 0. The van der Waals surface area contributed by atoms with E-state index in [1.54, 1.807) is 15.6 Å². The first-order valence-electron chi connectivity index (χ1n) is 8.41. The van der Waals surface area contributed by atoms with Crippen LogP contribution in [0.4, 0.5) is 0 Å². The molecule has 0 radical (unpaired) electrons. The molecule has 0 aliphatic carbocycles. The Balaban J connectivity index is 2.85. The number of unbranched alkanes of at least 4 members (excludes halogenated alkanes) is 10. The van der Waals surface area contributed by atoms with Gasteiger partial charge in [0.25, 0.3) is 0 Å². The molecule has 0 amide bonds. The van der Waals surface area contributed by atoms with Crippen molar-refractivity contribution < 1.29 is 0 Å². The van der Waals surface area contributed by atoms with Crippen molar-refractivity contribution in [2.45, 2.75) is 93.7 Å². The van der Waals surface area contributed by atoms with Crippen LogP contribution >= 0.6 is 0 Å². The van der Waals surface area contributed by atoms with E-state index in [-0.39, 0.29) is 41.0 Å². The first kappa shape index (κ1) is 18.5. The average Bonchev–Trinajstić information content (AvgIpc) is 2.35. The van der Waals surface area contributed by atoms with Crippen molar-refractivity contribution in [2.24, 2.45) is 0 Å². The summed E-state index contributed by atoms with van der Waals surface area (Å²) in [7, 11) is 0. The van der Waals surface area contributed by atoms with E-state index in [9.17, 15) is 0 Å². The molecule has 0 aromatic rings. The molecular formula is C16H34Sr. The predicted molar refractivity (Wildman–Crippen MR) is 82.1 cm³/mol. The van der Waals surface area contributed by atoms with Crippen LogP contribution in [0, 0.1) is 0 Å². The minimum atomic E-state index is -0.259. The molecule has 0 atom stereocenters. The maximum absolute atomic E-state index is 2.30. The quantitative estimate of drug-likeness (QED) is 0.263. The topological polar surface area (TPSA) is 0 Å². The van der Waals surface area contributed by atoms with Crippen molar-refractivity contribution in [3.05, 3.63) is 0 Å². The van der Waals surface area contributed by atoms with Gasteiger partial charge in [0, 0.05) is 0 Å². The van der Waals surface area contributed by atoms with Crippen molar-refractivity contribution >= 4 is 41.0 Å². The summed E-state index contributed by atoms with van der Waals surface area (Å²) < 4.78 is 3.39. The van der Waals surface area contributed by atoms with Crippen molar-refractivity contribution in [2.75, 3.05) is 0 Å². The van der Waals surface area contributed by atoms with E-state index >= 15 is 0 Å². The zero-order valence-electron chi connectivity index (χ0n) is 12.6. The second-order valence-electron chi connectivity index (χ2n) is 5.60. The SMILES string of the molecule is CCCCCCC[CH2][Sr][CH2]CCCCCCC. The second-order valence-corrected chi connectivity index (χ2v) is 10.8. The molecular weight excluding hydrogens is 280 g/mol. The summed E-state index contributed by atoms with van der Waals surface area (Å²) in [6.45, 7) is 4.61. The van der Waals surface area contributed by atoms with Gasteiger partial charge in [-0.3, -0.25) is 0 Å². The van der Waals surface area contributed by atoms with Crippen LogP contribution in [-0.4, -0.2) is 41.0 Å². The Morgan fingerprint density at radius 2 is 0.824 bits per heavy atom. The van der Waals surface area contributed by atoms with Crippen molar-refractivity contribution in [1.82, 2.24) is 0 Å². The van der Waals surface area contributed by atoms with E-state index in [1.165, 1.54) is 64.2 Å². The van der Waals surface area contributed by atoms with Crippen LogP contribution in [-0.2, 0) is 0 Å². The molecule has 0 spiro atoms. The van der Waals surface area contributed by atoms with Crippen LogP contribution in [0.15, 0.2) is 0 Å². The summed E-state index contributed by atoms with van der Waals surface area (Å²) >= 11 is -0.259. The van der Waals surface area contributed by atoms with Gasteiger partial charge in [-0.15, -0.1) is 0 Å². The first-order chi connectivity index (χ1) is 8.41. The van der Waals surface area contributed by atoms with Gasteiger partial charge in [-0.05, 0) is 0 Å². The Labute approximate surface area is 133 Å². The van der Waals surface area contributed by atoms with Gasteiger partial charge in [-0.1, -0.05) is 0 Å². The maximum atomic E-state index is 2.30. The molecule has 0 rings (SSSR count). The molecule has 1 heteroatoms. The Morgan fingerprint density at radius 3 is 1.24 bits per heavy atom. The van der Waals surface area contributed by atoms with Gasteiger partial charge in [-0.2, -0.15) is 0 Å². The van der Waals surface area contributed by atoms with Gasteiger partial charge in [-0.25, -0.2) is 0 Å². The van der Waals surface area contributed by atoms with Gasteiger partial charge in [0.05, 0.1) is 0 Å². The van der Waals surface area contributed by atoms with Crippen molar-refractivity contribution in [3.63, 3.8) is 0 Å². The van der Waals surface area contributed by atoms with Gasteiger partial charge >= 0.3 is 135 Å². The fraction of sp³-hybridized carbons (Fsp3) is 1.00. The molecule has 0 bridgehead atoms. The summed E-state index contributed by atoms with van der Waals surface area (Å²) in [5.74, 6) is 0. The van der Waals surface area contributed by atoms with E-state index in [0.717, 1.165) is 0 Å². The monoisotopic (exact) mass is 314 g/mol. The van der Waals surface area contributed by atoms with Gasteiger partial charge in [0.2, 0.25) is 0 Å². The third-order valence-corrected chi connectivity index (χ3v) is 8.62. The van der Waals surface area contributed by atoms with Gasteiger partial charge < -0.3 is 0 Å². The molecule has 0 aliphatic rings. The fourth-order valence-corrected chi connectivity index (χ4v) is 6.79. The molecule has 0 fully saturated rings. The van der Waals surface area contributed by atoms with Crippen LogP contribution in [0.2, 0.25) is 2.78 Å². The summed E-state index contributed by atoms with van der Waals surface area (Å²) in [6.07, 6.45) is 17.9. The molecule has 0 saturated carbocycles. The van der Waals surface area contributed by atoms with E-state index in [0.29, 0.717) is 0 Å². The molecule has 0 nitrogen and oxygen atoms in total. The Kier molecular flexibility index (Phi) is 19.0. The molecule has 0 unspecified atom stereocenters. The zero-order chi connectivity index (χ0) is 12.6. The summed E-state index contributed by atoms with van der Waals surface area (Å²) in [4.78, 5) is 0. The molecule has 0 heterocycles. The van der Waals surface area contributed by atoms with E-state index in [4.69, 9.17) is 0 Å². The second kappa shape index (κ2) is 17.5. The van der Waals surface area contributed by atoms with Crippen LogP contribution in [0.25, 0.3) is 0 Å². The van der Waals surface area contributed by atoms with E-state index < -0.39 is 0 Å². The van der Waals surface area contributed by atoms with E-state index in [2.05, 4.69) is 13.8 Å². The Hall–Kier alpha value is 1.48. The third-order valence-electron chi connectivity index (χ3n) is 3.71. The number of hydrogen-bond donors (Lipinski definition) is 0. The molecule has 0 aliphatic heterocycles. The van der Waals surface area contributed by atoms with Crippen molar-refractivity contribution in [3.8, 4) is 0 Å². The number of rotatable bonds is 14. The van der Waals surface area contributed by atoms with Crippen LogP contribution in [0.1, 0.15) is 90.9 Å². The van der Waals surface area contributed by atoms with E-state index in [1.807, 2.05) is 0 Å². The Bertz CT molecular complexity index is 109. The van der Waals surface area contributed by atoms with Gasteiger partial charge in [0.15, 0.2) is 0 Å². The summed E-state index contributed by atoms with van der Waals surface area (Å²) in [5, 5.41) is 0. The molecule has 0 aromatic heterocycles. The number of hydrogen-bond acceptors (Lipinski definition) is 0. The normalized spacial score (nSPS) is 10.5. The van der Waals surface area contributed by atoms with Gasteiger partial charge in [0.1, 0.15) is 0 Å². The average molecular weight is 314 g/mol. The summed E-state index contributed by atoms with van der Waals surface area (Å²) in [5.41, 5.74) is 0. The molecule has 0 N–H and O–H groups in total. The third kappa shape index (κ3) is 17.5. The molecule has 17 heavy (non-hydrogen) atoms. The zero-order valence-corrected chi connectivity index (χ0v) is 16.1. The standard InChI is InChI=1S/2C8H17.Sr/c2*1-3-5-7-8-6-4-2;/h2*1,3-8H2,2H3;. The predicted octanol–water partition coefficient (Wildman–Crippen LogP) is 6.25. The van der Waals surface area contributed by atoms with Crippen LogP contribution < -0.4 is 0 Å². The fourth-order valence-electron chi connectivity index (χ4n) is 2.44. The van der Waals surface area contributed by atoms with Crippen molar-refractivity contribution in [1.29, 1.82) is 0 Å². The Morgan fingerprint density at radius 1 is 0.471 bits per heavy atom.